The molecule has 4 rings (SSSR count). The van der Waals surface area contributed by atoms with Crippen molar-refractivity contribution in [3.63, 3.8) is 0 Å². The number of ketones is 1. The standard InChI is InChI=1S/C26H20ClFN2O4/c1-15-11-20-24(22(12-15)34-2)30(14-23(31)29-19-9-5-17(27)6-10-19)13-21(26(20)33)25(32)16-3-7-18(28)8-4-16/h3-13H,14H2,1-2H3,(H,29,31). The number of aromatic nitrogens is 1. The first-order valence-corrected chi connectivity index (χ1v) is 10.7. The minimum absolute atomic E-state index is 0.133. The number of nitrogens with one attached hydrogen (secondary N) is 1. The van der Waals surface area contributed by atoms with Gasteiger partial charge in [-0.3, -0.25) is 14.4 Å². The van der Waals surface area contributed by atoms with Gasteiger partial charge in [0.2, 0.25) is 11.3 Å². The summed E-state index contributed by atoms with van der Waals surface area (Å²) in [5, 5.41) is 3.54. The Hall–Kier alpha value is -3.97. The van der Waals surface area contributed by atoms with Crippen molar-refractivity contribution in [3.05, 3.63) is 105 Å². The molecular formula is C26H20ClFN2O4. The molecule has 4 aromatic rings. The highest BCUT2D eigenvalue weighted by atomic mass is 35.5. The van der Waals surface area contributed by atoms with E-state index in [4.69, 9.17) is 16.3 Å². The molecule has 0 spiro atoms. The van der Waals surface area contributed by atoms with Crippen LogP contribution in [0, 0.1) is 12.7 Å². The molecular weight excluding hydrogens is 459 g/mol. The van der Waals surface area contributed by atoms with Crippen molar-refractivity contribution in [2.24, 2.45) is 0 Å². The number of methoxy groups -OCH3 is 1. The molecule has 1 amide bonds. The van der Waals surface area contributed by atoms with Crippen LogP contribution in [-0.4, -0.2) is 23.4 Å². The molecule has 172 valence electrons. The Morgan fingerprint density at radius 1 is 1.06 bits per heavy atom. The Morgan fingerprint density at radius 3 is 2.38 bits per heavy atom. The lowest BCUT2D eigenvalue weighted by atomic mass is 10.0. The third-order valence-electron chi connectivity index (χ3n) is 5.29. The summed E-state index contributed by atoms with van der Waals surface area (Å²) >= 11 is 5.90. The molecule has 6 nitrogen and oxygen atoms in total. The molecule has 1 aromatic heterocycles. The number of hydrogen-bond acceptors (Lipinski definition) is 4. The van der Waals surface area contributed by atoms with E-state index in [-0.39, 0.29) is 29.0 Å². The zero-order chi connectivity index (χ0) is 24.4. The van der Waals surface area contributed by atoms with Gasteiger partial charge in [-0.15, -0.1) is 0 Å². The van der Waals surface area contributed by atoms with Gasteiger partial charge in [0.1, 0.15) is 18.1 Å². The zero-order valence-electron chi connectivity index (χ0n) is 18.4. The SMILES string of the molecule is COc1cc(C)cc2c(=O)c(C(=O)c3ccc(F)cc3)cn(CC(=O)Nc3ccc(Cl)cc3)c12. The van der Waals surface area contributed by atoms with Crippen LogP contribution in [0.25, 0.3) is 10.9 Å². The second-order valence-corrected chi connectivity index (χ2v) is 8.19. The van der Waals surface area contributed by atoms with Crippen LogP contribution in [0.3, 0.4) is 0 Å². The van der Waals surface area contributed by atoms with Crippen molar-refractivity contribution in [1.82, 2.24) is 4.57 Å². The summed E-state index contributed by atoms with van der Waals surface area (Å²) in [6.45, 7) is 1.61. The van der Waals surface area contributed by atoms with E-state index in [1.807, 2.05) is 0 Å². The fourth-order valence-electron chi connectivity index (χ4n) is 3.73. The number of nitrogens with zero attached hydrogens (tertiary/aromatic N) is 1. The molecule has 3 aromatic carbocycles. The van der Waals surface area contributed by atoms with E-state index in [1.165, 1.54) is 30.0 Å². The van der Waals surface area contributed by atoms with Crippen LogP contribution in [-0.2, 0) is 11.3 Å². The number of benzene rings is 3. The van der Waals surface area contributed by atoms with Crippen molar-refractivity contribution in [3.8, 4) is 5.75 Å². The van der Waals surface area contributed by atoms with E-state index in [2.05, 4.69) is 5.32 Å². The molecule has 1 heterocycles. The number of amides is 1. The van der Waals surface area contributed by atoms with Gasteiger partial charge in [0, 0.05) is 22.5 Å². The number of ether oxygens (including phenoxy) is 1. The summed E-state index contributed by atoms with van der Waals surface area (Å²) in [4.78, 5) is 39.3. The van der Waals surface area contributed by atoms with Crippen LogP contribution in [0.1, 0.15) is 21.5 Å². The van der Waals surface area contributed by atoms with E-state index in [1.54, 1.807) is 43.3 Å². The first-order chi connectivity index (χ1) is 16.3. The van der Waals surface area contributed by atoms with Crippen LogP contribution >= 0.6 is 11.6 Å². The maximum atomic E-state index is 13.3. The normalized spacial score (nSPS) is 10.8. The molecule has 1 N–H and O–H groups in total. The second-order valence-electron chi connectivity index (χ2n) is 7.75. The Labute approximate surface area is 199 Å². The number of aryl methyl sites for hydroxylation is 1. The summed E-state index contributed by atoms with van der Waals surface area (Å²) in [5.41, 5.74) is 1.22. The average Bonchev–Trinajstić information content (AvgIpc) is 2.82. The maximum Gasteiger partial charge on any atom is 0.244 e. The number of hydrogen-bond donors (Lipinski definition) is 1. The highest BCUT2D eigenvalue weighted by Gasteiger charge is 2.21. The summed E-state index contributed by atoms with van der Waals surface area (Å²) in [6, 6.07) is 15.0. The van der Waals surface area contributed by atoms with Crippen molar-refractivity contribution < 1.29 is 18.7 Å². The van der Waals surface area contributed by atoms with Gasteiger partial charge in [-0.25, -0.2) is 4.39 Å². The molecule has 0 atom stereocenters. The Balaban J connectivity index is 1.83. The lowest BCUT2D eigenvalue weighted by molar-refractivity contribution is -0.116. The van der Waals surface area contributed by atoms with Gasteiger partial charge in [-0.05, 0) is 73.2 Å². The maximum absolute atomic E-state index is 13.3. The molecule has 0 aliphatic carbocycles. The highest BCUT2D eigenvalue weighted by Crippen LogP contribution is 2.27. The predicted octanol–water partition coefficient (Wildman–Crippen LogP) is 4.98. The zero-order valence-corrected chi connectivity index (χ0v) is 19.2. The number of halogens is 2. The molecule has 0 aliphatic rings. The molecule has 0 radical (unpaired) electrons. The first-order valence-electron chi connectivity index (χ1n) is 10.3. The van der Waals surface area contributed by atoms with Gasteiger partial charge in [0.05, 0.1) is 23.6 Å². The first kappa shape index (κ1) is 23.2. The van der Waals surface area contributed by atoms with E-state index in [0.717, 1.165) is 17.7 Å². The third kappa shape index (κ3) is 4.70. The summed E-state index contributed by atoms with van der Waals surface area (Å²) in [5.74, 6) is -1.05. The molecule has 0 fully saturated rings. The van der Waals surface area contributed by atoms with E-state index in [0.29, 0.717) is 22.0 Å². The van der Waals surface area contributed by atoms with Crippen LogP contribution in [0.15, 0.2) is 71.7 Å². The van der Waals surface area contributed by atoms with Crippen molar-refractivity contribution in [2.75, 3.05) is 12.4 Å². The number of carbonyl (C=O) groups is 2. The second kappa shape index (κ2) is 9.49. The molecule has 0 saturated carbocycles. The van der Waals surface area contributed by atoms with Crippen molar-refractivity contribution in [1.29, 1.82) is 0 Å². The van der Waals surface area contributed by atoms with Gasteiger partial charge in [-0.1, -0.05) is 11.6 Å². The fraction of sp³-hybridized carbons (Fsp3) is 0.115. The lowest BCUT2D eigenvalue weighted by Gasteiger charge is -2.16. The van der Waals surface area contributed by atoms with Crippen LogP contribution in [0.2, 0.25) is 5.02 Å². The minimum Gasteiger partial charge on any atom is -0.495 e. The number of pyridine rings is 1. The lowest BCUT2D eigenvalue weighted by Crippen LogP contribution is -2.24. The summed E-state index contributed by atoms with van der Waals surface area (Å²) < 4.78 is 20.3. The molecule has 34 heavy (non-hydrogen) atoms. The largest absolute Gasteiger partial charge is 0.495 e. The monoisotopic (exact) mass is 478 g/mol. The quantitative estimate of drug-likeness (QED) is 0.396. The number of rotatable bonds is 6. The van der Waals surface area contributed by atoms with Gasteiger partial charge in [0.25, 0.3) is 0 Å². The smallest absolute Gasteiger partial charge is 0.244 e. The Kier molecular flexibility index (Phi) is 6.47. The molecule has 0 bridgehead atoms. The highest BCUT2D eigenvalue weighted by molar-refractivity contribution is 6.30. The third-order valence-corrected chi connectivity index (χ3v) is 5.55. The average molecular weight is 479 g/mol. The Bertz CT molecular complexity index is 1460. The van der Waals surface area contributed by atoms with Gasteiger partial charge in [0.15, 0.2) is 5.78 Å². The number of anilines is 1. The van der Waals surface area contributed by atoms with Crippen LogP contribution in [0.4, 0.5) is 10.1 Å². The van der Waals surface area contributed by atoms with Gasteiger partial charge < -0.3 is 14.6 Å². The summed E-state index contributed by atoms with van der Waals surface area (Å²) in [6.07, 6.45) is 1.34. The Morgan fingerprint density at radius 2 is 1.74 bits per heavy atom. The minimum atomic E-state index is -0.570. The van der Waals surface area contributed by atoms with Gasteiger partial charge >= 0.3 is 0 Å². The predicted molar refractivity (Wildman–Crippen MR) is 129 cm³/mol. The molecule has 0 unspecified atom stereocenters. The molecule has 8 heteroatoms. The van der Waals surface area contributed by atoms with E-state index in [9.17, 15) is 18.8 Å². The van der Waals surface area contributed by atoms with Crippen LogP contribution in [0.5, 0.6) is 5.75 Å². The fourth-order valence-corrected chi connectivity index (χ4v) is 3.85. The van der Waals surface area contributed by atoms with Crippen molar-refractivity contribution in [2.45, 2.75) is 13.5 Å². The summed E-state index contributed by atoms with van der Waals surface area (Å²) in [7, 11) is 1.47. The van der Waals surface area contributed by atoms with E-state index < -0.39 is 17.0 Å². The number of fused-ring (bicyclic) bond motifs is 1. The topological polar surface area (TPSA) is 77.4 Å². The van der Waals surface area contributed by atoms with Crippen molar-refractivity contribution >= 4 is 39.9 Å². The van der Waals surface area contributed by atoms with Crippen LogP contribution < -0.4 is 15.5 Å². The molecule has 0 saturated heterocycles. The number of carbonyl (C=O) groups excluding carboxylic acids is 2. The van der Waals surface area contributed by atoms with E-state index >= 15 is 0 Å². The molecule has 0 aliphatic heterocycles. The van der Waals surface area contributed by atoms with Gasteiger partial charge in [-0.2, -0.15) is 0 Å².